The molecule has 0 bridgehead atoms. The summed E-state index contributed by atoms with van der Waals surface area (Å²) in [6, 6.07) is 5.28. The quantitative estimate of drug-likeness (QED) is 0.774. The van der Waals surface area contributed by atoms with Crippen LogP contribution in [0, 0.1) is 0 Å². The summed E-state index contributed by atoms with van der Waals surface area (Å²) >= 11 is 11.9. The second-order valence-electron chi connectivity index (χ2n) is 3.71. The van der Waals surface area contributed by atoms with Crippen LogP contribution in [0.15, 0.2) is 18.2 Å². The molecule has 0 aliphatic heterocycles. The van der Waals surface area contributed by atoms with E-state index in [0.29, 0.717) is 23.2 Å². The molecule has 0 heterocycles. The highest BCUT2D eigenvalue weighted by molar-refractivity contribution is 6.33. The minimum atomic E-state index is -0.242. The van der Waals surface area contributed by atoms with Crippen molar-refractivity contribution in [3.05, 3.63) is 33.8 Å². The summed E-state index contributed by atoms with van der Waals surface area (Å²) in [4.78, 5) is 13.1. The number of likely N-dealkylation sites (N-methyl/N-ethyl adjacent to an activating group) is 1. The summed E-state index contributed by atoms with van der Waals surface area (Å²) in [5.41, 5.74) is 0.894. The molecule has 0 aliphatic carbocycles. The van der Waals surface area contributed by atoms with Crippen molar-refractivity contribution in [2.45, 2.75) is 13.5 Å². The molecule has 0 N–H and O–H groups in total. The van der Waals surface area contributed by atoms with Crippen LogP contribution < -0.4 is 0 Å². The molecule has 0 saturated heterocycles. The largest absolute Gasteiger partial charge is 0.465 e. The van der Waals surface area contributed by atoms with Gasteiger partial charge in [-0.05, 0) is 37.7 Å². The number of ether oxygens (including phenoxy) is 1. The standard InChI is InChI=1S/C12H15Cl2NO2/c1-3-17-12(16)8-15(2)7-9-6-10(13)4-5-11(9)14/h4-6H,3,7-8H2,1-2H3. The number of hydrogen-bond acceptors (Lipinski definition) is 3. The van der Waals surface area contributed by atoms with Crippen LogP contribution in [0.5, 0.6) is 0 Å². The molecular formula is C12H15Cl2NO2. The first-order valence-corrected chi connectivity index (χ1v) is 6.06. The summed E-state index contributed by atoms with van der Waals surface area (Å²) in [5, 5.41) is 1.28. The van der Waals surface area contributed by atoms with E-state index in [4.69, 9.17) is 27.9 Å². The summed E-state index contributed by atoms with van der Waals surface area (Å²) in [7, 11) is 1.83. The Morgan fingerprint density at radius 2 is 2.12 bits per heavy atom. The number of hydrogen-bond donors (Lipinski definition) is 0. The van der Waals surface area contributed by atoms with Crippen molar-refractivity contribution in [1.82, 2.24) is 4.90 Å². The zero-order valence-electron chi connectivity index (χ0n) is 9.87. The smallest absolute Gasteiger partial charge is 0.320 e. The van der Waals surface area contributed by atoms with Crippen LogP contribution in [0.2, 0.25) is 10.0 Å². The third kappa shape index (κ3) is 4.94. The van der Waals surface area contributed by atoms with E-state index in [9.17, 15) is 4.79 Å². The van der Waals surface area contributed by atoms with E-state index in [1.807, 2.05) is 11.9 Å². The van der Waals surface area contributed by atoms with Gasteiger partial charge in [0, 0.05) is 16.6 Å². The van der Waals surface area contributed by atoms with E-state index in [1.54, 1.807) is 25.1 Å². The number of carbonyl (C=O) groups is 1. The van der Waals surface area contributed by atoms with Gasteiger partial charge in [0.05, 0.1) is 13.2 Å². The molecule has 0 amide bonds. The minimum Gasteiger partial charge on any atom is -0.465 e. The van der Waals surface area contributed by atoms with Crippen LogP contribution in [0.4, 0.5) is 0 Å². The minimum absolute atomic E-state index is 0.233. The Labute approximate surface area is 111 Å². The van der Waals surface area contributed by atoms with Crippen molar-refractivity contribution in [3.63, 3.8) is 0 Å². The van der Waals surface area contributed by atoms with E-state index in [1.165, 1.54) is 0 Å². The van der Waals surface area contributed by atoms with Crippen molar-refractivity contribution >= 4 is 29.2 Å². The van der Waals surface area contributed by atoms with Crippen LogP contribution >= 0.6 is 23.2 Å². The first kappa shape index (κ1) is 14.3. The molecule has 1 aromatic rings. The summed E-state index contributed by atoms with van der Waals surface area (Å²) in [6.45, 7) is 2.96. The van der Waals surface area contributed by atoms with Crippen molar-refractivity contribution in [2.75, 3.05) is 20.2 Å². The molecule has 0 fully saturated rings. The molecule has 94 valence electrons. The predicted molar refractivity (Wildman–Crippen MR) is 69.4 cm³/mol. The molecule has 3 nitrogen and oxygen atoms in total. The second kappa shape index (κ2) is 6.84. The van der Waals surface area contributed by atoms with E-state index in [0.717, 1.165) is 5.56 Å². The van der Waals surface area contributed by atoms with Gasteiger partial charge >= 0.3 is 5.97 Å². The van der Waals surface area contributed by atoms with Gasteiger partial charge in [0.25, 0.3) is 0 Å². The molecule has 0 unspecified atom stereocenters. The number of esters is 1. The van der Waals surface area contributed by atoms with E-state index >= 15 is 0 Å². The van der Waals surface area contributed by atoms with Crippen molar-refractivity contribution in [3.8, 4) is 0 Å². The number of rotatable bonds is 5. The average Bonchev–Trinajstić information content (AvgIpc) is 2.23. The van der Waals surface area contributed by atoms with Gasteiger partial charge < -0.3 is 4.74 Å². The van der Waals surface area contributed by atoms with Gasteiger partial charge in [-0.2, -0.15) is 0 Å². The van der Waals surface area contributed by atoms with Crippen LogP contribution in [-0.4, -0.2) is 31.1 Å². The third-order valence-corrected chi connectivity index (χ3v) is 2.76. The third-order valence-electron chi connectivity index (χ3n) is 2.15. The zero-order valence-corrected chi connectivity index (χ0v) is 11.4. The molecule has 1 rings (SSSR count). The number of benzene rings is 1. The average molecular weight is 276 g/mol. The molecule has 17 heavy (non-hydrogen) atoms. The fraction of sp³-hybridized carbons (Fsp3) is 0.417. The summed E-state index contributed by atoms with van der Waals surface area (Å²) in [6.07, 6.45) is 0. The van der Waals surface area contributed by atoms with Crippen molar-refractivity contribution < 1.29 is 9.53 Å². The molecule has 0 saturated carbocycles. The lowest BCUT2D eigenvalue weighted by Crippen LogP contribution is -2.27. The SMILES string of the molecule is CCOC(=O)CN(C)Cc1cc(Cl)ccc1Cl. The second-order valence-corrected chi connectivity index (χ2v) is 4.56. The zero-order chi connectivity index (χ0) is 12.8. The first-order valence-electron chi connectivity index (χ1n) is 5.31. The summed E-state index contributed by atoms with van der Waals surface area (Å²) in [5.74, 6) is -0.242. The van der Waals surface area contributed by atoms with E-state index in [2.05, 4.69) is 0 Å². The Bertz CT molecular complexity index is 396. The topological polar surface area (TPSA) is 29.5 Å². The molecule has 0 aromatic heterocycles. The van der Waals surface area contributed by atoms with Crippen LogP contribution in [0.1, 0.15) is 12.5 Å². The number of halogens is 2. The predicted octanol–water partition coefficient (Wildman–Crippen LogP) is 2.99. The molecule has 0 atom stereocenters. The highest BCUT2D eigenvalue weighted by Gasteiger charge is 2.09. The fourth-order valence-electron chi connectivity index (χ4n) is 1.44. The highest BCUT2D eigenvalue weighted by atomic mass is 35.5. The van der Waals surface area contributed by atoms with Gasteiger partial charge in [0.2, 0.25) is 0 Å². The lowest BCUT2D eigenvalue weighted by molar-refractivity contribution is -0.144. The molecule has 5 heteroatoms. The fourth-order valence-corrected chi connectivity index (χ4v) is 1.81. The monoisotopic (exact) mass is 275 g/mol. The van der Waals surface area contributed by atoms with Crippen molar-refractivity contribution in [1.29, 1.82) is 0 Å². The Kier molecular flexibility index (Phi) is 5.75. The van der Waals surface area contributed by atoms with Gasteiger partial charge in [0.1, 0.15) is 0 Å². The van der Waals surface area contributed by atoms with Gasteiger partial charge in [0.15, 0.2) is 0 Å². The lowest BCUT2D eigenvalue weighted by atomic mass is 10.2. The molecule has 0 aliphatic rings. The van der Waals surface area contributed by atoms with Crippen molar-refractivity contribution in [2.24, 2.45) is 0 Å². The Morgan fingerprint density at radius 3 is 2.76 bits per heavy atom. The molecular weight excluding hydrogens is 261 g/mol. The molecule has 0 spiro atoms. The Balaban J connectivity index is 2.58. The normalized spacial score (nSPS) is 10.6. The van der Waals surface area contributed by atoms with Gasteiger partial charge in [-0.3, -0.25) is 9.69 Å². The van der Waals surface area contributed by atoms with Crippen LogP contribution in [0.25, 0.3) is 0 Å². The maximum Gasteiger partial charge on any atom is 0.320 e. The van der Waals surface area contributed by atoms with Gasteiger partial charge in [-0.25, -0.2) is 0 Å². The Hall–Kier alpha value is -0.770. The van der Waals surface area contributed by atoms with E-state index < -0.39 is 0 Å². The maximum absolute atomic E-state index is 11.3. The van der Waals surface area contributed by atoms with Crippen LogP contribution in [-0.2, 0) is 16.1 Å². The van der Waals surface area contributed by atoms with Gasteiger partial charge in [-0.1, -0.05) is 23.2 Å². The van der Waals surface area contributed by atoms with E-state index in [-0.39, 0.29) is 12.5 Å². The van der Waals surface area contributed by atoms with Crippen LogP contribution in [0.3, 0.4) is 0 Å². The van der Waals surface area contributed by atoms with Gasteiger partial charge in [-0.15, -0.1) is 0 Å². The lowest BCUT2D eigenvalue weighted by Gasteiger charge is -2.16. The molecule has 0 radical (unpaired) electrons. The number of nitrogens with zero attached hydrogens (tertiary/aromatic N) is 1. The number of carbonyl (C=O) groups excluding carboxylic acids is 1. The molecule has 1 aromatic carbocycles. The summed E-state index contributed by atoms with van der Waals surface area (Å²) < 4.78 is 4.86. The maximum atomic E-state index is 11.3. The highest BCUT2D eigenvalue weighted by Crippen LogP contribution is 2.21. The first-order chi connectivity index (χ1) is 8.02. The Morgan fingerprint density at radius 1 is 1.41 bits per heavy atom.